The first-order valence-electron chi connectivity index (χ1n) is 4.77. The zero-order chi connectivity index (χ0) is 8.69. The van der Waals surface area contributed by atoms with Crippen LogP contribution in [0.5, 0.6) is 0 Å². The van der Waals surface area contributed by atoms with E-state index in [2.05, 4.69) is 20.8 Å². The summed E-state index contributed by atoms with van der Waals surface area (Å²) in [5.74, 6) is 0.903. The number of methoxy groups -OCH3 is 1. The number of hydrogen-bond acceptors (Lipinski definition) is 1. The molecule has 11 heavy (non-hydrogen) atoms. The molecule has 0 unspecified atom stereocenters. The van der Waals surface area contributed by atoms with Crippen molar-refractivity contribution < 1.29 is 4.74 Å². The lowest BCUT2D eigenvalue weighted by Gasteiger charge is -2.04. The summed E-state index contributed by atoms with van der Waals surface area (Å²) in [5.41, 5.74) is 0. The van der Waals surface area contributed by atoms with Crippen molar-refractivity contribution in [2.24, 2.45) is 5.92 Å². The summed E-state index contributed by atoms with van der Waals surface area (Å²) in [7, 11) is 1.81. The molecule has 0 bridgehead atoms. The lowest BCUT2D eigenvalue weighted by atomic mass is 10.1. The van der Waals surface area contributed by atoms with Gasteiger partial charge in [-0.1, -0.05) is 27.2 Å². The van der Waals surface area contributed by atoms with E-state index in [1.165, 1.54) is 25.7 Å². The molecule has 0 aromatic carbocycles. The predicted octanol–water partition coefficient (Wildman–Crippen LogP) is 3.24. The van der Waals surface area contributed by atoms with Crippen LogP contribution >= 0.6 is 0 Å². The zero-order valence-electron chi connectivity index (χ0n) is 8.39. The number of rotatable bonds is 1. The van der Waals surface area contributed by atoms with Crippen LogP contribution in [0.1, 0.15) is 46.5 Å². The fourth-order valence-electron chi connectivity index (χ4n) is 1.37. The van der Waals surface area contributed by atoms with Crippen LogP contribution in [-0.4, -0.2) is 13.2 Å². The molecule has 1 heteroatoms. The Kier molecular flexibility index (Phi) is 6.63. The summed E-state index contributed by atoms with van der Waals surface area (Å²) in [6.07, 6.45) is 5.73. The first-order valence-corrected chi connectivity index (χ1v) is 4.77. The Morgan fingerprint density at radius 3 is 2.00 bits per heavy atom. The highest BCUT2D eigenvalue weighted by Gasteiger charge is 2.19. The second kappa shape index (κ2) is 6.66. The minimum absolute atomic E-state index is 0.574. The molecule has 1 nitrogen and oxygen atoms in total. The average Bonchev–Trinajstić information content (AvgIpc) is 2.37. The summed E-state index contributed by atoms with van der Waals surface area (Å²) in [4.78, 5) is 0. The molecule has 1 fully saturated rings. The number of hydrogen-bond donors (Lipinski definition) is 0. The Hall–Kier alpha value is -0.0400. The van der Waals surface area contributed by atoms with Crippen LogP contribution in [0.4, 0.5) is 0 Å². The van der Waals surface area contributed by atoms with Gasteiger partial charge in [-0.3, -0.25) is 0 Å². The molecular weight excluding hydrogens is 136 g/mol. The van der Waals surface area contributed by atoms with E-state index in [1.807, 2.05) is 7.11 Å². The van der Waals surface area contributed by atoms with Crippen LogP contribution in [-0.2, 0) is 4.74 Å². The van der Waals surface area contributed by atoms with E-state index in [0.717, 1.165) is 5.92 Å². The molecule has 1 aliphatic carbocycles. The van der Waals surface area contributed by atoms with Gasteiger partial charge in [0.25, 0.3) is 0 Å². The summed E-state index contributed by atoms with van der Waals surface area (Å²) < 4.78 is 5.18. The van der Waals surface area contributed by atoms with Gasteiger partial charge in [0.2, 0.25) is 0 Å². The SMILES string of the molecule is CCC.CO[C@H]1CC[C@H](C)C1. The minimum Gasteiger partial charge on any atom is -0.381 e. The van der Waals surface area contributed by atoms with Gasteiger partial charge in [-0.15, -0.1) is 0 Å². The Balaban J connectivity index is 0.000000292. The van der Waals surface area contributed by atoms with E-state index in [-0.39, 0.29) is 0 Å². The molecule has 0 saturated heterocycles. The zero-order valence-corrected chi connectivity index (χ0v) is 8.39. The molecule has 0 spiro atoms. The Morgan fingerprint density at radius 1 is 1.27 bits per heavy atom. The minimum atomic E-state index is 0.574. The van der Waals surface area contributed by atoms with Crippen LogP contribution in [0.15, 0.2) is 0 Å². The third-order valence-corrected chi connectivity index (χ3v) is 1.98. The van der Waals surface area contributed by atoms with Gasteiger partial charge in [-0.2, -0.15) is 0 Å². The van der Waals surface area contributed by atoms with Gasteiger partial charge < -0.3 is 4.74 Å². The maximum Gasteiger partial charge on any atom is 0.0574 e. The van der Waals surface area contributed by atoms with Crippen LogP contribution in [0.25, 0.3) is 0 Å². The topological polar surface area (TPSA) is 9.23 Å². The average molecular weight is 158 g/mol. The Bertz CT molecular complexity index is 80.9. The van der Waals surface area contributed by atoms with Crippen molar-refractivity contribution in [3.05, 3.63) is 0 Å². The molecule has 1 rings (SSSR count). The van der Waals surface area contributed by atoms with Crippen LogP contribution in [0.2, 0.25) is 0 Å². The van der Waals surface area contributed by atoms with Crippen molar-refractivity contribution in [2.75, 3.05) is 7.11 Å². The normalized spacial score (nSPS) is 29.5. The predicted molar refractivity (Wildman–Crippen MR) is 49.8 cm³/mol. The molecule has 0 aromatic rings. The van der Waals surface area contributed by atoms with Crippen molar-refractivity contribution in [1.82, 2.24) is 0 Å². The smallest absolute Gasteiger partial charge is 0.0574 e. The molecule has 1 aliphatic rings. The fraction of sp³-hybridized carbons (Fsp3) is 1.00. The van der Waals surface area contributed by atoms with Crippen molar-refractivity contribution in [3.8, 4) is 0 Å². The van der Waals surface area contributed by atoms with Crippen LogP contribution in [0.3, 0.4) is 0 Å². The van der Waals surface area contributed by atoms with Crippen molar-refractivity contribution in [1.29, 1.82) is 0 Å². The molecule has 2 atom stereocenters. The van der Waals surface area contributed by atoms with Crippen LogP contribution in [0, 0.1) is 5.92 Å². The second-order valence-electron chi connectivity index (χ2n) is 3.48. The van der Waals surface area contributed by atoms with E-state index < -0.39 is 0 Å². The van der Waals surface area contributed by atoms with E-state index in [0.29, 0.717) is 6.10 Å². The molecule has 68 valence electrons. The van der Waals surface area contributed by atoms with Gasteiger partial charge in [-0.25, -0.2) is 0 Å². The molecule has 0 N–H and O–H groups in total. The second-order valence-corrected chi connectivity index (χ2v) is 3.48. The molecular formula is C10H22O. The van der Waals surface area contributed by atoms with Gasteiger partial charge in [0.1, 0.15) is 0 Å². The first-order chi connectivity index (χ1) is 5.24. The van der Waals surface area contributed by atoms with E-state index in [4.69, 9.17) is 4.74 Å². The Morgan fingerprint density at radius 2 is 1.82 bits per heavy atom. The lowest BCUT2D eigenvalue weighted by Crippen LogP contribution is -2.03. The molecule has 0 radical (unpaired) electrons. The molecule has 0 aromatic heterocycles. The summed E-state index contributed by atoms with van der Waals surface area (Å²) in [5, 5.41) is 0. The van der Waals surface area contributed by atoms with Crippen LogP contribution < -0.4 is 0 Å². The van der Waals surface area contributed by atoms with E-state index in [1.54, 1.807) is 0 Å². The maximum atomic E-state index is 5.18. The quantitative estimate of drug-likeness (QED) is 0.569. The molecule has 0 amide bonds. The largest absolute Gasteiger partial charge is 0.381 e. The molecule has 0 aliphatic heterocycles. The lowest BCUT2D eigenvalue weighted by molar-refractivity contribution is 0.106. The van der Waals surface area contributed by atoms with Crippen molar-refractivity contribution in [3.63, 3.8) is 0 Å². The Labute approximate surface area is 71.1 Å². The summed E-state index contributed by atoms with van der Waals surface area (Å²) in [6, 6.07) is 0. The summed E-state index contributed by atoms with van der Waals surface area (Å²) >= 11 is 0. The highest BCUT2D eigenvalue weighted by molar-refractivity contribution is 4.71. The third-order valence-electron chi connectivity index (χ3n) is 1.98. The molecule has 0 heterocycles. The number of ether oxygens (including phenoxy) is 1. The van der Waals surface area contributed by atoms with Gasteiger partial charge in [0.05, 0.1) is 6.10 Å². The fourth-order valence-corrected chi connectivity index (χ4v) is 1.37. The van der Waals surface area contributed by atoms with Gasteiger partial charge in [0, 0.05) is 7.11 Å². The van der Waals surface area contributed by atoms with Crippen molar-refractivity contribution >= 4 is 0 Å². The third kappa shape index (κ3) is 5.25. The van der Waals surface area contributed by atoms with Gasteiger partial charge in [-0.05, 0) is 25.2 Å². The standard InChI is InChI=1S/C7H14O.C3H8/c1-6-3-4-7(5-6)8-2;1-3-2/h6-7H,3-5H2,1-2H3;3H2,1-2H3/t6-,7-;/m0./s1. The first kappa shape index (κ1) is 11.0. The molecule has 1 saturated carbocycles. The highest BCUT2D eigenvalue weighted by atomic mass is 16.5. The summed E-state index contributed by atoms with van der Waals surface area (Å²) in [6.45, 7) is 6.54. The van der Waals surface area contributed by atoms with Gasteiger partial charge in [0.15, 0.2) is 0 Å². The highest BCUT2D eigenvalue weighted by Crippen LogP contribution is 2.26. The maximum absolute atomic E-state index is 5.18. The van der Waals surface area contributed by atoms with Crippen molar-refractivity contribution in [2.45, 2.75) is 52.6 Å². The monoisotopic (exact) mass is 158 g/mol. The van der Waals surface area contributed by atoms with Gasteiger partial charge >= 0.3 is 0 Å². The van der Waals surface area contributed by atoms with E-state index >= 15 is 0 Å². The van der Waals surface area contributed by atoms with E-state index in [9.17, 15) is 0 Å².